The molecule has 0 unspecified atom stereocenters. The predicted molar refractivity (Wildman–Crippen MR) is 85.7 cm³/mol. The molecule has 21 heavy (non-hydrogen) atoms. The number of nitrogens with zero attached hydrogens (tertiary/aromatic N) is 3. The van der Waals surface area contributed by atoms with E-state index in [0.717, 1.165) is 5.56 Å². The number of thiazole rings is 1. The zero-order valence-corrected chi connectivity index (χ0v) is 12.7. The lowest BCUT2D eigenvalue weighted by Gasteiger charge is -2.00. The second-order valence-corrected chi connectivity index (χ2v) is 5.27. The summed E-state index contributed by atoms with van der Waals surface area (Å²) >= 11 is 7.25. The smallest absolute Gasteiger partial charge is 0.149 e. The molecule has 1 heterocycles. The summed E-state index contributed by atoms with van der Waals surface area (Å²) in [5.41, 5.74) is 7.02. The largest absolute Gasteiger partial charge is 0.495 e. The van der Waals surface area contributed by atoms with Crippen molar-refractivity contribution in [3.63, 3.8) is 0 Å². The van der Waals surface area contributed by atoms with Gasteiger partial charge < -0.3 is 10.5 Å². The first kappa shape index (κ1) is 15.0. The van der Waals surface area contributed by atoms with Crippen LogP contribution in [-0.4, -0.2) is 18.4 Å². The van der Waals surface area contributed by atoms with Crippen molar-refractivity contribution in [2.24, 2.45) is 10.7 Å². The summed E-state index contributed by atoms with van der Waals surface area (Å²) in [5.74, 6) is 0.396. The Morgan fingerprint density at radius 3 is 3.00 bits per heavy atom. The normalized spacial score (nSPS) is 10.5. The van der Waals surface area contributed by atoms with Crippen LogP contribution in [0.2, 0.25) is 5.02 Å². The van der Waals surface area contributed by atoms with E-state index in [9.17, 15) is 0 Å². The van der Waals surface area contributed by atoms with E-state index in [2.05, 4.69) is 16.6 Å². The van der Waals surface area contributed by atoms with Crippen LogP contribution in [0.3, 0.4) is 0 Å². The molecular weight excluding hydrogens is 308 g/mol. The third-order valence-electron chi connectivity index (χ3n) is 2.65. The number of aliphatic imine (C=N–C) groups is 1. The number of halogens is 1. The van der Waals surface area contributed by atoms with Gasteiger partial charge in [-0.3, -0.25) is 0 Å². The van der Waals surface area contributed by atoms with Crippen LogP contribution in [0.4, 0.5) is 5.00 Å². The van der Waals surface area contributed by atoms with Crippen molar-refractivity contribution in [2.75, 3.05) is 7.11 Å². The van der Waals surface area contributed by atoms with Crippen LogP contribution in [0.1, 0.15) is 11.3 Å². The molecule has 0 spiro atoms. The number of aromatic nitrogens is 1. The lowest BCUT2D eigenvalue weighted by atomic mass is 10.1. The van der Waals surface area contributed by atoms with Crippen molar-refractivity contribution in [3.05, 3.63) is 41.1 Å². The average Bonchev–Trinajstić information content (AvgIpc) is 2.91. The number of hydrogen-bond acceptors (Lipinski definition) is 5. The molecule has 0 radical (unpaired) electrons. The van der Waals surface area contributed by atoms with E-state index in [4.69, 9.17) is 27.3 Å². The van der Waals surface area contributed by atoms with E-state index in [1.54, 1.807) is 18.2 Å². The lowest BCUT2D eigenvalue weighted by molar-refractivity contribution is 0.370. The van der Waals surface area contributed by atoms with Crippen molar-refractivity contribution in [1.82, 2.24) is 4.98 Å². The zero-order chi connectivity index (χ0) is 15.4. The Morgan fingerprint density at radius 2 is 2.38 bits per heavy atom. The number of methoxy groups -OCH3 is 1. The van der Waals surface area contributed by atoms with E-state index >= 15 is 0 Å². The van der Waals surface area contributed by atoms with Crippen molar-refractivity contribution in [3.8, 4) is 16.6 Å². The molecular formula is C14H11ClN4OS. The van der Waals surface area contributed by atoms with Gasteiger partial charge in [0.25, 0.3) is 0 Å². The monoisotopic (exact) mass is 318 g/mol. The fourth-order valence-electron chi connectivity index (χ4n) is 1.61. The van der Waals surface area contributed by atoms with Gasteiger partial charge in [0.15, 0.2) is 0 Å². The van der Waals surface area contributed by atoms with Gasteiger partial charge in [0.05, 0.1) is 24.0 Å². The fourth-order valence-corrected chi connectivity index (χ4v) is 2.71. The zero-order valence-electron chi connectivity index (χ0n) is 11.1. The maximum atomic E-state index is 9.03. The second-order valence-electron chi connectivity index (χ2n) is 3.88. The Morgan fingerprint density at radius 1 is 1.62 bits per heavy atom. The molecule has 0 bridgehead atoms. The maximum Gasteiger partial charge on any atom is 0.149 e. The summed E-state index contributed by atoms with van der Waals surface area (Å²) in [6, 6.07) is 7.17. The van der Waals surface area contributed by atoms with Crippen LogP contribution in [0.25, 0.3) is 16.3 Å². The molecule has 0 fully saturated rings. The lowest BCUT2D eigenvalue weighted by Crippen LogP contribution is -1.89. The van der Waals surface area contributed by atoms with Gasteiger partial charge in [0.2, 0.25) is 0 Å². The molecule has 2 N–H and O–H groups in total. The highest BCUT2D eigenvalue weighted by molar-refractivity contribution is 7.19. The molecule has 0 aliphatic heterocycles. The summed E-state index contributed by atoms with van der Waals surface area (Å²) in [4.78, 5) is 8.51. The van der Waals surface area contributed by atoms with Crippen LogP contribution in [-0.2, 0) is 4.74 Å². The van der Waals surface area contributed by atoms with Gasteiger partial charge in [-0.15, -0.1) is 0 Å². The number of ether oxygens (including phenoxy) is 1. The Hall–Kier alpha value is -2.36. The average molecular weight is 319 g/mol. The topological polar surface area (TPSA) is 84.3 Å². The molecule has 0 saturated heterocycles. The molecule has 1 aromatic heterocycles. The van der Waals surface area contributed by atoms with Gasteiger partial charge in [-0.25, -0.2) is 9.98 Å². The second kappa shape index (κ2) is 6.39. The van der Waals surface area contributed by atoms with Crippen molar-refractivity contribution < 1.29 is 4.74 Å². The van der Waals surface area contributed by atoms with Crippen LogP contribution >= 0.6 is 22.9 Å². The Bertz CT molecular complexity index is 761. The molecule has 7 heteroatoms. The first-order chi connectivity index (χ1) is 10.1. The molecule has 106 valence electrons. The summed E-state index contributed by atoms with van der Waals surface area (Å²) in [7, 11) is 1.51. The molecule has 1 aromatic carbocycles. The Kier molecular flexibility index (Phi) is 4.58. The van der Waals surface area contributed by atoms with E-state index in [1.165, 1.54) is 24.8 Å². The summed E-state index contributed by atoms with van der Waals surface area (Å²) < 4.78 is 5.10. The summed E-state index contributed by atoms with van der Waals surface area (Å²) in [6.07, 6.45) is 1.19. The van der Waals surface area contributed by atoms with Crippen molar-refractivity contribution in [2.45, 2.75) is 0 Å². The van der Waals surface area contributed by atoms with E-state index in [-0.39, 0.29) is 0 Å². The van der Waals surface area contributed by atoms with Crippen LogP contribution in [0.15, 0.2) is 29.8 Å². The Balaban J connectivity index is 2.55. The first-order valence-electron chi connectivity index (χ1n) is 5.79. The summed E-state index contributed by atoms with van der Waals surface area (Å²) in [5, 5.41) is 10.7. The van der Waals surface area contributed by atoms with Gasteiger partial charge in [-0.1, -0.05) is 35.6 Å². The highest BCUT2D eigenvalue weighted by Crippen LogP contribution is 2.37. The van der Waals surface area contributed by atoms with Crippen LogP contribution < -0.4 is 5.73 Å². The first-order valence-corrected chi connectivity index (χ1v) is 6.98. The third-order valence-corrected chi connectivity index (χ3v) is 3.99. The maximum absolute atomic E-state index is 9.03. The van der Waals surface area contributed by atoms with Gasteiger partial charge in [-0.2, -0.15) is 5.26 Å². The van der Waals surface area contributed by atoms with Gasteiger partial charge in [-0.05, 0) is 12.1 Å². The highest BCUT2D eigenvalue weighted by Gasteiger charge is 2.16. The van der Waals surface area contributed by atoms with E-state index in [0.29, 0.717) is 32.0 Å². The molecule has 0 atom stereocenters. The quantitative estimate of drug-likeness (QED) is 0.530. The molecule has 0 aliphatic rings. The number of hydrogen-bond donors (Lipinski definition) is 1. The molecule has 0 aliphatic carbocycles. The van der Waals surface area contributed by atoms with E-state index < -0.39 is 0 Å². The number of rotatable bonds is 4. The SMILES string of the molecule is C=C(OC)c1nc(-c2ccc(Cl)c(C#N)c2)sc1/N=C\N. The van der Waals surface area contributed by atoms with Gasteiger partial charge >= 0.3 is 0 Å². The number of benzene rings is 1. The van der Waals surface area contributed by atoms with Crippen molar-refractivity contribution in [1.29, 1.82) is 5.26 Å². The summed E-state index contributed by atoms with van der Waals surface area (Å²) in [6.45, 7) is 3.77. The number of nitrogens with two attached hydrogens (primary N) is 1. The minimum atomic E-state index is 0.389. The van der Waals surface area contributed by atoms with Crippen LogP contribution in [0.5, 0.6) is 0 Å². The van der Waals surface area contributed by atoms with Crippen LogP contribution in [0, 0.1) is 11.3 Å². The predicted octanol–water partition coefficient (Wildman–Crippen LogP) is 3.57. The number of nitriles is 1. The van der Waals surface area contributed by atoms with Gasteiger partial charge in [0.1, 0.15) is 27.5 Å². The molecule has 2 rings (SSSR count). The minimum absolute atomic E-state index is 0.389. The standard InChI is InChI=1S/C14H11ClN4OS/c1-8(20-2)12-14(18-7-17)21-13(19-12)9-3-4-11(15)10(5-9)6-16/h3-5,7H,1H2,2H3,(H2,17,18). The molecule has 2 aromatic rings. The van der Waals surface area contributed by atoms with E-state index in [1.807, 2.05) is 6.07 Å². The van der Waals surface area contributed by atoms with Gasteiger partial charge in [0, 0.05) is 5.56 Å². The molecule has 0 amide bonds. The highest BCUT2D eigenvalue weighted by atomic mass is 35.5. The third kappa shape index (κ3) is 3.05. The fraction of sp³-hybridized carbons (Fsp3) is 0.0714. The minimum Gasteiger partial charge on any atom is -0.495 e. The van der Waals surface area contributed by atoms with Crippen molar-refractivity contribution >= 4 is 40.0 Å². The molecule has 5 nitrogen and oxygen atoms in total. The molecule has 0 saturated carbocycles. The Labute approximate surface area is 131 Å².